The molecule has 0 amide bonds. The first-order valence-corrected chi connectivity index (χ1v) is 5.60. The lowest BCUT2D eigenvalue weighted by atomic mass is 9.96. The van der Waals surface area contributed by atoms with Crippen LogP contribution in [0.4, 0.5) is 13.2 Å². The van der Waals surface area contributed by atoms with E-state index >= 15 is 0 Å². The van der Waals surface area contributed by atoms with E-state index in [0.717, 1.165) is 5.56 Å². The summed E-state index contributed by atoms with van der Waals surface area (Å²) in [7, 11) is 0. The molecule has 0 spiro atoms. The minimum absolute atomic E-state index is 0.00596. The molecule has 96 valence electrons. The topological polar surface area (TPSA) is 9.23 Å². The molecule has 0 fully saturated rings. The summed E-state index contributed by atoms with van der Waals surface area (Å²) in [5.41, 5.74) is 1.42. The van der Waals surface area contributed by atoms with Crippen molar-refractivity contribution in [3.8, 4) is 5.75 Å². The lowest BCUT2D eigenvalue weighted by Crippen LogP contribution is -2.18. The Labute approximate surface area is 99.6 Å². The third-order valence-corrected chi connectivity index (χ3v) is 2.55. The molecule has 0 saturated heterocycles. The van der Waals surface area contributed by atoms with Gasteiger partial charge in [0.25, 0.3) is 0 Å². The summed E-state index contributed by atoms with van der Waals surface area (Å²) in [5.74, 6) is 0.0825. The van der Waals surface area contributed by atoms with Crippen LogP contribution < -0.4 is 4.74 Å². The third-order valence-electron chi connectivity index (χ3n) is 2.55. The average Bonchev–Trinajstić information content (AvgIpc) is 2.14. The van der Waals surface area contributed by atoms with Gasteiger partial charge in [-0.25, -0.2) is 0 Å². The second-order valence-corrected chi connectivity index (χ2v) is 4.65. The molecule has 0 heterocycles. The van der Waals surface area contributed by atoms with Crippen LogP contribution in [0.5, 0.6) is 5.75 Å². The molecule has 0 aliphatic heterocycles. The summed E-state index contributed by atoms with van der Waals surface area (Å²) in [6, 6.07) is 5.04. The molecule has 17 heavy (non-hydrogen) atoms. The van der Waals surface area contributed by atoms with Crippen molar-refractivity contribution in [2.24, 2.45) is 0 Å². The molecule has 1 rings (SSSR count). The Bertz CT molecular complexity index is 381. The zero-order chi connectivity index (χ0) is 13.2. The highest BCUT2D eigenvalue weighted by atomic mass is 19.4. The Morgan fingerprint density at radius 1 is 1.00 bits per heavy atom. The molecule has 1 aromatic rings. The fraction of sp³-hybridized carbons (Fsp3) is 0.538. The van der Waals surface area contributed by atoms with Gasteiger partial charge >= 0.3 is 6.36 Å². The van der Waals surface area contributed by atoms with Crippen LogP contribution in [0.3, 0.4) is 0 Å². The maximum Gasteiger partial charge on any atom is 0.573 e. The summed E-state index contributed by atoms with van der Waals surface area (Å²) < 4.78 is 41.0. The van der Waals surface area contributed by atoms with Crippen LogP contribution in [0.1, 0.15) is 50.7 Å². The normalized spacial score (nSPS) is 12.3. The summed E-state index contributed by atoms with van der Waals surface area (Å²) in [4.78, 5) is 0. The van der Waals surface area contributed by atoms with Gasteiger partial charge in [0.05, 0.1) is 0 Å². The first-order chi connectivity index (χ1) is 7.70. The van der Waals surface area contributed by atoms with Crippen molar-refractivity contribution in [1.29, 1.82) is 0 Å². The largest absolute Gasteiger partial charge is 0.573 e. The molecule has 0 aliphatic rings. The standard InChI is InChI=1S/C13H17F3O/c1-8(2)10-5-6-11(9(3)4)12(7-10)17-13(14,15)16/h5-9H,1-4H3. The number of alkyl halides is 3. The van der Waals surface area contributed by atoms with E-state index in [9.17, 15) is 13.2 Å². The lowest BCUT2D eigenvalue weighted by molar-refractivity contribution is -0.275. The minimum Gasteiger partial charge on any atom is -0.405 e. The number of ether oxygens (including phenoxy) is 1. The lowest BCUT2D eigenvalue weighted by Gasteiger charge is -2.17. The Hall–Kier alpha value is -1.19. The van der Waals surface area contributed by atoms with Crippen molar-refractivity contribution in [2.75, 3.05) is 0 Å². The summed E-state index contributed by atoms with van der Waals surface area (Å²) in [6.07, 6.45) is -4.64. The molecular formula is C13H17F3O. The number of hydrogen-bond acceptors (Lipinski definition) is 1. The molecule has 0 atom stereocenters. The molecule has 1 aromatic carbocycles. The fourth-order valence-electron chi connectivity index (χ4n) is 1.60. The van der Waals surface area contributed by atoms with E-state index in [0.29, 0.717) is 5.56 Å². The second-order valence-electron chi connectivity index (χ2n) is 4.65. The Balaban J connectivity index is 3.16. The van der Waals surface area contributed by atoms with E-state index in [1.165, 1.54) is 6.07 Å². The zero-order valence-electron chi connectivity index (χ0n) is 10.4. The molecule has 4 heteroatoms. The van der Waals surface area contributed by atoms with Crippen LogP contribution in [0.2, 0.25) is 0 Å². The Kier molecular flexibility index (Phi) is 4.07. The van der Waals surface area contributed by atoms with Gasteiger partial charge in [-0.2, -0.15) is 0 Å². The van der Waals surface area contributed by atoms with Crippen LogP contribution in [0.15, 0.2) is 18.2 Å². The van der Waals surface area contributed by atoms with Crippen molar-refractivity contribution >= 4 is 0 Å². The Morgan fingerprint density at radius 2 is 1.59 bits per heavy atom. The van der Waals surface area contributed by atoms with Crippen LogP contribution in [-0.2, 0) is 0 Å². The number of hydrogen-bond donors (Lipinski definition) is 0. The molecule has 0 bridgehead atoms. The van der Waals surface area contributed by atoms with Gasteiger partial charge in [0, 0.05) is 0 Å². The van der Waals surface area contributed by atoms with Crippen molar-refractivity contribution in [1.82, 2.24) is 0 Å². The number of benzene rings is 1. The van der Waals surface area contributed by atoms with E-state index in [1.807, 2.05) is 33.8 Å². The third kappa shape index (κ3) is 3.95. The van der Waals surface area contributed by atoms with Crippen LogP contribution in [-0.4, -0.2) is 6.36 Å². The smallest absolute Gasteiger partial charge is 0.405 e. The Morgan fingerprint density at radius 3 is 2.00 bits per heavy atom. The van der Waals surface area contributed by atoms with Gasteiger partial charge in [0.2, 0.25) is 0 Å². The van der Waals surface area contributed by atoms with Gasteiger partial charge in [-0.05, 0) is 29.0 Å². The predicted octanol–water partition coefficient (Wildman–Crippen LogP) is 4.83. The second kappa shape index (κ2) is 4.98. The molecule has 0 unspecified atom stereocenters. The molecule has 0 N–H and O–H groups in total. The minimum atomic E-state index is -4.64. The SMILES string of the molecule is CC(C)c1ccc(C(C)C)c(OC(F)(F)F)c1. The highest BCUT2D eigenvalue weighted by Crippen LogP contribution is 2.33. The molecule has 1 nitrogen and oxygen atoms in total. The average molecular weight is 246 g/mol. The van der Waals surface area contributed by atoms with Crippen molar-refractivity contribution in [2.45, 2.75) is 45.9 Å². The van der Waals surface area contributed by atoms with Gasteiger partial charge < -0.3 is 4.74 Å². The van der Waals surface area contributed by atoms with Gasteiger partial charge in [-0.3, -0.25) is 0 Å². The van der Waals surface area contributed by atoms with Crippen molar-refractivity contribution < 1.29 is 17.9 Å². The van der Waals surface area contributed by atoms with E-state index in [-0.39, 0.29) is 17.6 Å². The van der Waals surface area contributed by atoms with Crippen molar-refractivity contribution in [3.05, 3.63) is 29.3 Å². The van der Waals surface area contributed by atoms with E-state index in [4.69, 9.17) is 0 Å². The number of rotatable bonds is 3. The van der Waals surface area contributed by atoms with E-state index in [1.54, 1.807) is 6.07 Å². The van der Waals surface area contributed by atoms with Gasteiger partial charge in [-0.1, -0.05) is 39.8 Å². The van der Waals surface area contributed by atoms with Crippen molar-refractivity contribution in [3.63, 3.8) is 0 Å². The summed E-state index contributed by atoms with van der Waals surface area (Å²) in [6.45, 7) is 7.55. The maximum atomic E-state index is 12.3. The van der Waals surface area contributed by atoms with Gasteiger partial charge in [-0.15, -0.1) is 13.2 Å². The van der Waals surface area contributed by atoms with Crippen LogP contribution in [0, 0.1) is 0 Å². The van der Waals surface area contributed by atoms with E-state index in [2.05, 4.69) is 4.74 Å². The highest BCUT2D eigenvalue weighted by molar-refractivity contribution is 5.40. The van der Waals surface area contributed by atoms with Crippen LogP contribution >= 0.6 is 0 Å². The highest BCUT2D eigenvalue weighted by Gasteiger charge is 2.32. The maximum absolute atomic E-state index is 12.3. The van der Waals surface area contributed by atoms with E-state index < -0.39 is 6.36 Å². The van der Waals surface area contributed by atoms with Gasteiger partial charge in [0.1, 0.15) is 5.75 Å². The first-order valence-electron chi connectivity index (χ1n) is 5.60. The summed E-state index contributed by atoms with van der Waals surface area (Å²) >= 11 is 0. The molecule has 0 aliphatic carbocycles. The summed E-state index contributed by atoms with van der Waals surface area (Å²) in [5, 5.41) is 0. The molecule has 0 radical (unpaired) electrons. The molecule has 0 saturated carbocycles. The molecule has 0 aromatic heterocycles. The number of halogens is 3. The zero-order valence-corrected chi connectivity index (χ0v) is 10.4. The van der Waals surface area contributed by atoms with Gasteiger partial charge in [0.15, 0.2) is 0 Å². The monoisotopic (exact) mass is 246 g/mol. The fourth-order valence-corrected chi connectivity index (χ4v) is 1.60. The quantitative estimate of drug-likeness (QED) is 0.742. The predicted molar refractivity (Wildman–Crippen MR) is 61.3 cm³/mol. The first kappa shape index (κ1) is 13.9. The van der Waals surface area contributed by atoms with Crippen LogP contribution in [0.25, 0.3) is 0 Å². The molecular weight excluding hydrogens is 229 g/mol.